The zero-order valence-corrected chi connectivity index (χ0v) is 10.4. The van der Waals surface area contributed by atoms with Crippen molar-refractivity contribution in [2.75, 3.05) is 0 Å². The lowest BCUT2D eigenvalue weighted by Crippen LogP contribution is -2.31. The Hall–Kier alpha value is -0.640. The molecule has 0 saturated heterocycles. The molecule has 1 aromatic carbocycles. The highest BCUT2D eigenvalue weighted by Gasteiger charge is 2.21. The number of rotatable bonds is 4. The average Bonchev–Trinajstić information content (AvgIpc) is 2.27. The maximum atomic E-state index is 12.7. The van der Waals surface area contributed by atoms with Crippen LogP contribution in [0.25, 0.3) is 0 Å². The van der Waals surface area contributed by atoms with E-state index in [9.17, 15) is 9.50 Å². The molecule has 0 heterocycles. The summed E-state index contributed by atoms with van der Waals surface area (Å²) >= 11 is 0. The van der Waals surface area contributed by atoms with Crippen LogP contribution < -0.4 is 5.73 Å². The van der Waals surface area contributed by atoms with Crippen molar-refractivity contribution in [3.8, 4) is 0 Å². The van der Waals surface area contributed by atoms with E-state index in [-0.39, 0.29) is 24.1 Å². The van der Waals surface area contributed by atoms with Crippen LogP contribution in [0.15, 0.2) is 24.3 Å². The van der Waals surface area contributed by atoms with Crippen molar-refractivity contribution >= 4 is 12.4 Å². The topological polar surface area (TPSA) is 46.2 Å². The van der Waals surface area contributed by atoms with E-state index in [0.717, 1.165) is 12.0 Å². The molecule has 4 heteroatoms. The number of aliphatic hydroxyl groups excluding tert-OH is 1. The SMILES string of the molecule is CCC(C)[C@H](O)[C@H](N)c1ccc(F)cc1.Cl. The van der Waals surface area contributed by atoms with E-state index in [2.05, 4.69) is 0 Å². The van der Waals surface area contributed by atoms with E-state index < -0.39 is 12.1 Å². The first-order valence-corrected chi connectivity index (χ1v) is 5.25. The van der Waals surface area contributed by atoms with E-state index in [1.165, 1.54) is 12.1 Å². The highest BCUT2D eigenvalue weighted by molar-refractivity contribution is 5.85. The minimum atomic E-state index is -0.583. The first-order valence-electron chi connectivity index (χ1n) is 5.25. The van der Waals surface area contributed by atoms with E-state index >= 15 is 0 Å². The minimum Gasteiger partial charge on any atom is -0.391 e. The normalized spacial score (nSPS) is 16.1. The molecule has 3 N–H and O–H groups in total. The Kier molecular flexibility index (Phi) is 6.56. The maximum absolute atomic E-state index is 12.7. The third-order valence-corrected chi connectivity index (χ3v) is 2.85. The Morgan fingerprint density at radius 3 is 2.25 bits per heavy atom. The zero-order valence-electron chi connectivity index (χ0n) is 9.56. The molecule has 0 aliphatic rings. The molecule has 2 nitrogen and oxygen atoms in total. The molecule has 0 amide bonds. The summed E-state index contributed by atoms with van der Waals surface area (Å²) in [4.78, 5) is 0. The van der Waals surface area contributed by atoms with E-state index in [0.29, 0.717) is 0 Å². The van der Waals surface area contributed by atoms with Gasteiger partial charge in [0.05, 0.1) is 12.1 Å². The number of hydrogen-bond acceptors (Lipinski definition) is 2. The molecule has 1 unspecified atom stereocenters. The average molecular weight is 248 g/mol. The summed E-state index contributed by atoms with van der Waals surface area (Å²) in [6.45, 7) is 3.96. The molecule has 0 aromatic heterocycles. The van der Waals surface area contributed by atoms with Gasteiger partial charge in [-0.05, 0) is 23.6 Å². The molecule has 0 saturated carbocycles. The first-order chi connectivity index (χ1) is 7.06. The molecule has 0 radical (unpaired) electrons. The van der Waals surface area contributed by atoms with Gasteiger partial charge in [0, 0.05) is 0 Å². The van der Waals surface area contributed by atoms with Crippen molar-refractivity contribution < 1.29 is 9.50 Å². The Bertz CT molecular complexity index is 304. The van der Waals surface area contributed by atoms with Gasteiger partial charge in [-0.3, -0.25) is 0 Å². The largest absolute Gasteiger partial charge is 0.391 e. The number of halogens is 2. The summed E-state index contributed by atoms with van der Waals surface area (Å²) in [5.74, 6) is -0.144. The van der Waals surface area contributed by atoms with Crippen LogP contribution in [0.2, 0.25) is 0 Å². The number of hydrogen-bond donors (Lipinski definition) is 2. The predicted octanol–water partition coefficient (Wildman–Crippen LogP) is 2.65. The summed E-state index contributed by atoms with van der Waals surface area (Å²) in [7, 11) is 0. The van der Waals surface area contributed by atoms with E-state index in [4.69, 9.17) is 5.73 Å². The van der Waals surface area contributed by atoms with Gasteiger partial charge in [-0.1, -0.05) is 32.4 Å². The summed E-state index contributed by atoms with van der Waals surface area (Å²) < 4.78 is 12.7. The van der Waals surface area contributed by atoms with Crippen molar-refractivity contribution in [3.63, 3.8) is 0 Å². The monoisotopic (exact) mass is 247 g/mol. The Balaban J connectivity index is 0.00000225. The van der Waals surface area contributed by atoms with Gasteiger partial charge in [0.25, 0.3) is 0 Å². The van der Waals surface area contributed by atoms with Gasteiger partial charge in [0.15, 0.2) is 0 Å². The van der Waals surface area contributed by atoms with Crippen LogP contribution in [0, 0.1) is 11.7 Å². The van der Waals surface area contributed by atoms with Gasteiger partial charge in [-0.15, -0.1) is 12.4 Å². The van der Waals surface area contributed by atoms with Crippen molar-refractivity contribution in [1.29, 1.82) is 0 Å². The fourth-order valence-electron chi connectivity index (χ4n) is 1.48. The number of benzene rings is 1. The van der Waals surface area contributed by atoms with E-state index in [1.807, 2.05) is 13.8 Å². The molecular weight excluding hydrogens is 229 g/mol. The minimum absolute atomic E-state index is 0. The Morgan fingerprint density at radius 1 is 1.31 bits per heavy atom. The fourth-order valence-corrected chi connectivity index (χ4v) is 1.48. The lowest BCUT2D eigenvalue weighted by molar-refractivity contribution is 0.0879. The second kappa shape index (κ2) is 6.84. The molecular formula is C12H19ClFNO. The van der Waals surface area contributed by atoms with Gasteiger partial charge in [-0.2, -0.15) is 0 Å². The van der Waals surface area contributed by atoms with Crippen LogP contribution in [0.1, 0.15) is 31.9 Å². The van der Waals surface area contributed by atoms with E-state index in [1.54, 1.807) is 12.1 Å². The summed E-state index contributed by atoms with van der Waals surface area (Å²) in [6.07, 6.45) is 0.288. The third kappa shape index (κ3) is 3.74. The highest BCUT2D eigenvalue weighted by atomic mass is 35.5. The van der Waals surface area contributed by atoms with Gasteiger partial charge in [0.2, 0.25) is 0 Å². The highest BCUT2D eigenvalue weighted by Crippen LogP contribution is 2.21. The van der Waals surface area contributed by atoms with Gasteiger partial charge < -0.3 is 10.8 Å². The molecule has 0 aliphatic carbocycles. The van der Waals surface area contributed by atoms with Crippen LogP contribution in [0.3, 0.4) is 0 Å². The Morgan fingerprint density at radius 2 is 1.81 bits per heavy atom. The van der Waals surface area contributed by atoms with Gasteiger partial charge >= 0.3 is 0 Å². The van der Waals surface area contributed by atoms with Crippen LogP contribution >= 0.6 is 12.4 Å². The summed E-state index contributed by atoms with van der Waals surface area (Å²) in [6, 6.07) is 5.51. The van der Waals surface area contributed by atoms with Crippen molar-refractivity contribution in [2.45, 2.75) is 32.4 Å². The second-order valence-electron chi connectivity index (χ2n) is 3.95. The lowest BCUT2D eigenvalue weighted by Gasteiger charge is -2.24. The molecule has 0 spiro atoms. The number of nitrogens with two attached hydrogens (primary N) is 1. The summed E-state index contributed by atoms with van der Waals surface area (Å²) in [5.41, 5.74) is 6.66. The van der Waals surface area contributed by atoms with Crippen molar-refractivity contribution in [3.05, 3.63) is 35.6 Å². The van der Waals surface area contributed by atoms with Crippen LogP contribution in [-0.2, 0) is 0 Å². The molecule has 0 aliphatic heterocycles. The molecule has 1 rings (SSSR count). The smallest absolute Gasteiger partial charge is 0.123 e. The first kappa shape index (κ1) is 15.4. The molecule has 0 bridgehead atoms. The molecule has 92 valence electrons. The van der Waals surface area contributed by atoms with Crippen LogP contribution in [0.5, 0.6) is 0 Å². The quantitative estimate of drug-likeness (QED) is 0.859. The number of aliphatic hydroxyl groups is 1. The Labute approximate surface area is 102 Å². The standard InChI is InChI=1S/C12H18FNO.ClH/c1-3-8(2)12(15)11(14)9-4-6-10(13)7-5-9;/h4-8,11-12,15H,3,14H2,1-2H3;1H/t8?,11-,12+;/m1./s1. The van der Waals surface area contributed by atoms with Crippen molar-refractivity contribution in [1.82, 2.24) is 0 Å². The second-order valence-corrected chi connectivity index (χ2v) is 3.95. The molecule has 0 fully saturated rings. The molecule has 3 atom stereocenters. The van der Waals surface area contributed by atoms with Crippen LogP contribution in [-0.4, -0.2) is 11.2 Å². The van der Waals surface area contributed by atoms with Gasteiger partial charge in [-0.25, -0.2) is 4.39 Å². The zero-order chi connectivity index (χ0) is 11.4. The van der Waals surface area contributed by atoms with Crippen LogP contribution in [0.4, 0.5) is 4.39 Å². The van der Waals surface area contributed by atoms with Crippen molar-refractivity contribution in [2.24, 2.45) is 11.7 Å². The fraction of sp³-hybridized carbons (Fsp3) is 0.500. The predicted molar refractivity (Wildman–Crippen MR) is 66.0 cm³/mol. The van der Waals surface area contributed by atoms with Gasteiger partial charge in [0.1, 0.15) is 5.82 Å². The molecule has 1 aromatic rings. The lowest BCUT2D eigenvalue weighted by atomic mass is 9.92. The molecule has 16 heavy (non-hydrogen) atoms. The third-order valence-electron chi connectivity index (χ3n) is 2.85. The maximum Gasteiger partial charge on any atom is 0.123 e. The summed E-state index contributed by atoms with van der Waals surface area (Å²) in [5, 5.41) is 9.89.